The molecule has 0 fully saturated rings. The number of benzene rings is 1. The van der Waals surface area contributed by atoms with Crippen molar-refractivity contribution in [3.05, 3.63) is 29.8 Å². The Morgan fingerprint density at radius 1 is 1.37 bits per heavy atom. The number of sulfonamides is 1. The maximum atomic E-state index is 12.1. The molecule has 0 atom stereocenters. The zero-order valence-electron chi connectivity index (χ0n) is 11.2. The molecule has 3 N–H and O–H groups in total. The van der Waals surface area contributed by atoms with Gasteiger partial charge in [0.05, 0.1) is 11.4 Å². The van der Waals surface area contributed by atoms with Crippen LogP contribution in [-0.4, -0.2) is 32.3 Å². The Hall–Kier alpha value is -1.76. The molecule has 0 radical (unpaired) electrons. The van der Waals surface area contributed by atoms with Crippen molar-refractivity contribution in [2.24, 2.45) is 16.8 Å². The van der Waals surface area contributed by atoms with Crippen molar-refractivity contribution in [3.63, 3.8) is 0 Å². The van der Waals surface area contributed by atoms with Crippen LogP contribution in [0.5, 0.6) is 0 Å². The maximum absolute atomic E-state index is 12.1. The molecule has 1 rings (SSSR count). The number of amidine groups is 1. The van der Waals surface area contributed by atoms with E-state index in [1.807, 2.05) is 13.8 Å². The second-order valence-corrected chi connectivity index (χ2v) is 6.72. The molecular weight excluding hydrogens is 266 g/mol. The molecule has 7 heteroatoms. The van der Waals surface area contributed by atoms with E-state index < -0.39 is 10.0 Å². The van der Waals surface area contributed by atoms with Crippen molar-refractivity contribution in [3.8, 4) is 0 Å². The second-order valence-electron chi connectivity index (χ2n) is 4.67. The van der Waals surface area contributed by atoms with Crippen molar-refractivity contribution >= 4 is 21.5 Å². The molecule has 0 saturated carbocycles. The number of rotatable bonds is 5. The van der Waals surface area contributed by atoms with Gasteiger partial charge in [-0.1, -0.05) is 19.0 Å². The molecule has 0 aromatic heterocycles. The molecule has 0 heterocycles. The molecule has 1 aromatic rings. The Labute approximate surface area is 113 Å². The standard InChI is InChI=1S/C12H19N3O3S/c1-9(2)8-19(17,18)15(3)11-6-4-10(5-7-11)12(13)14-16/h4-7,9,16H,8H2,1-3H3,(H2,13,14). The number of oxime groups is 1. The molecule has 1 aromatic carbocycles. The summed E-state index contributed by atoms with van der Waals surface area (Å²) >= 11 is 0. The highest BCUT2D eigenvalue weighted by molar-refractivity contribution is 7.92. The van der Waals surface area contributed by atoms with E-state index in [-0.39, 0.29) is 17.5 Å². The largest absolute Gasteiger partial charge is 0.409 e. The lowest BCUT2D eigenvalue weighted by Gasteiger charge is -2.20. The fourth-order valence-corrected chi connectivity index (χ4v) is 3.10. The van der Waals surface area contributed by atoms with Crippen LogP contribution in [0.1, 0.15) is 19.4 Å². The van der Waals surface area contributed by atoms with Gasteiger partial charge in [0.15, 0.2) is 5.84 Å². The molecule has 19 heavy (non-hydrogen) atoms. The van der Waals surface area contributed by atoms with Gasteiger partial charge in [-0.05, 0) is 30.2 Å². The predicted octanol–water partition coefficient (Wildman–Crippen LogP) is 1.20. The summed E-state index contributed by atoms with van der Waals surface area (Å²) < 4.78 is 25.3. The van der Waals surface area contributed by atoms with Crippen molar-refractivity contribution in [2.45, 2.75) is 13.8 Å². The summed E-state index contributed by atoms with van der Waals surface area (Å²) in [4.78, 5) is 0. The lowest BCUT2D eigenvalue weighted by molar-refractivity contribution is 0.318. The molecule has 0 unspecified atom stereocenters. The normalized spacial score (nSPS) is 12.7. The summed E-state index contributed by atoms with van der Waals surface area (Å²) in [6, 6.07) is 6.44. The van der Waals surface area contributed by atoms with Crippen LogP contribution in [0, 0.1) is 5.92 Å². The van der Waals surface area contributed by atoms with Gasteiger partial charge in [0, 0.05) is 12.6 Å². The molecule has 0 aliphatic heterocycles. The number of nitrogens with zero attached hydrogens (tertiary/aromatic N) is 2. The van der Waals surface area contributed by atoms with Crippen LogP contribution in [0.3, 0.4) is 0 Å². The molecule has 106 valence electrons. The zero-order valence-corrected chi connectivity index (χ0v) is 12.1. The SMILES string of the molecule is CC(C)CS(=O)(=O)N(C)c1ccc(C(N)=NO)cc1. The predicted molar refractivity (Wildman–Crippen MR) is 76.0 cm³/mol. The summed E-state index contributed by atoms with van der Waals surface area (Å²) in [5.74, 6) is 0.133. The lowest BCUT2D eigenvalue weighted by atomic mass is 10.2. The summed E-state index contributed by atoms with van der Waals surface area (Å²) in [5.41, 5.74) is 6.51. The first kappa shape index (κ1) is 15.3. The van der Waals surface area contributed by atoms with Crippen LogP contribution in [0.4, 0.5) is 5.69 Å². The van der Waals surface area contributed by atoms with Gasteiger partial charge in [0.25, 0.3) is 0 Å². The van der Waals surface area contributed by atoms with Crippen molar-refractivity contribution < 1.29 is 13.6 Å². The fraction of sp³-hybridized carbons (Fsp3) is 0.417. The van der Waals surface area contributed by atoms with E-state index in [9.17, 15) is 8.42 Å². The third-order valence-corrected chi connectivity index (χ3v) is 4.73. The Morgan fingerprint density at radius 2 is 1.89 bits per heavy atom. The van der Waals surface area contributed by atoms with Gasteiger partial charge in [-0.3, -0.25) is 4.31 Å². The van der Waals surface area contributed by atoms with E-state index in [4.69, 9.17) is 10.9 Å². The van der Waals surface area contributed by atoms with Gasteiger partial charge in [-0.25, -0.2) is 8.42 Å². The molecule has 0 aliphatic rings. The molecule has 0 spiro atoms. The third-order valence-electron chi connectivity index (χ3n) is 2.60. The van der Waals surface area contributed by atoms with Gasteiger partial charge < -0.3 is 10.9 Å². The topological polar surface area (TPSA) is 96.0 Å². The van der Waals surface area contributed by atoms with Gasteiger partial charge in [-0.15, -0.1) is 0 Å². The Bertz CT molecular complexity index is 550. The molecule has 6 nitrogen and oxygen atoms in total. The summed E-state index contributed by atoms with van der Waals surface area (Å²) in [5, 5.41) is 11.4. The van der Waals surface area contributed by atoms with E-state index >= 15 is 0 Å². The van der Waals surface area contributed by atoms with Gasteiger partial charge in [-0.2, -0.15) is 0 Å². The quantitative estimate of drug-likeness (QED) is 0.368. The Balaban J connectivity index is 2.98. The Morgan fingerprint density at radius 3 is 2.32 bits per heavy atom. The first-order valence-corrected chi connectivity index (χ1v) is 7.43. The summed E-state index contributed by atoms with van der Waals surface area (Å²) in [6.07, 6.45) is 0. The summed E-state index contributed by atoms with van der Waals surface area (Å²) in [6.45, 7) is 3.71. The molecule has 0 saturated heterocycles. The minimum absolute atomic E-state index is 0.0146. The third kappa shape index (κ3) is 3.85. The van der Waals surface area contributed by atoms with Crippen LogP contribution in [0.15, 0.2) is 29.4 Å². The van der Waals surface area contributed by atoms with Crippen molar-refractivity contribution in [1.29, 1.82) is 0 Å². The average molecular weight is 285 g/mol. The minimum Gasteiger partial charge on any atom is -0.409 e. The average Bonchev–Trinajstić information content (AvgIpc) is 2.35. The second kappa shape index (κ2) is 5.92. The maximum Gasteiger partial charge on any atom is 0.235 e. The monoisotopic (exact) mass is 285 g/mol. The number of hydrogen-bond donors (Lipinski definition) is 2. The van der Waals surface area contributed by atoms with Crippen LogP contribution < -0.4 is 10.0 Å². The van der Waals surface area contributed by atoms with Crippen LogP contribution in [0.2, 0.25) is 0 Å². The van der Waals surface area contributed by atoms with Crippen LogP contribution >= 0.6 is 0 Å². The van der Waals surface area contributed by atoms with E-state index in [1.165, 1.54) is 11.4 Å². The fourth-order valence-electron chi connectivity index (χ4n) is 1.59. The number of nitrogens with two attached hydrogens (primary N) is 1. The smallest absolute Gasteiger partial charge is 0.235 e. The zero-order chi connectivity index (χ0) is 14.6. The lowest BCUT2D eigenvalue weighted by Crippen LogP contribution is -2.30. The first-order chi connectivity index (χ1) is 8.77. The highest BCUT2D eigenvalue weighted by Crippen LogP contribution is 2.18. The number of hydrogen-bond acceptors (Lipinski definition) is 4. The van der Waals surface area contributed by atoms with E-state index in [2.05, 4.69) is 5.16 Å². The van der Waals surface area contributed by atoms with E-state index in [0.29, 0.717) is 11.3 Å². The molecule has 0 bridgehead atoms. The van der Waals surface area contributed by atoms with Gasteiger partial charge >= 0.3 is 0 Å². The van der Waals surface area contributed by atoms with Crippen molar-refractivity contribution in [1.82, 2.24) is 0 Å². The molecular formula is C12H19N3O3S. The first-order valence-electron chi connectivity index (χ1n) is 5.82. The minimum atomic E-state index is -3.33. The van der Waals surface area contributed by atoms with E-state index in [0.717, 1.165) is 0 Å². The van der Waals surface area contributed by atoms with Crippen LogP contribution in [0.25, 0.3) is 0 Å². The molecule has 0 amide bonds. The highest BCUT2D eigenvalue weighted by Gasteiger charge is 2.19. The van der Waals surface area contributed by atoms with Gasteiger partial charge in [0.2, 0.25) is 10.0 Å². The number of anilines is 1. The Kier molecular flexibility index (Phi) is 4.77. The van der Waals surface area contributed by atoms with Gasteiger partial charge in [0.1, 0.15) is 0 Å². The highest BCUT2D eigenvalue weighted by atomic mass is 32.2. The van der Waals surface area contributed by atoms with Crippen LogP contribution in [-0.2, 0) is 10.0 Å². The van der Waals surface area contributed by atoms with Crippen molar-refractivity contribution in [2.75, 3.05) is 17.1 Å². The summed E-state index contributed by atoms with van der Waals surface area (Å²) in [7, 11) is -1.82. The molecule has 0 aliphatic carbocycles. The van der Waals surface area contributed by atoms with E-state index in [1.54, 1.807) is 24.3 Å².